The summed E-state index contributed by atoms with van der Waals surface area (Å²) in [5, 5.41) is 0. The van der Waals surface area contributed by atoms with Crippen LogP contribution in [0, 0.1) is 11.8 Å². The van der Waals surface area contributed by atoms with Crippen LogP contribution in [0.25, 0.3) is 0 Å². The molecule has 2 bridgehead atoms. The number of esters is 1. The van der Waals surface area contributed by atoms with E-state index in [-0.39, 0.29) is 24.3 Å². The van der Waals surface area contributed by atoms with Crippen molar-refractivity contribution in [2.45, 2.75) is 17.2 Å². The van der Waals surface area contributed by atoms with Gasteiger partial charge < -0.3 is 4.74 Å². The number of amides is 2. The quantitative estimate of drug-likeness (QED) is 0.294. The van der Waals surface area contributed by atoms with Crippen molar-refractivity contribution in [2.24, 2.45) is 11.8 Å². The molecule has 7 rings (SSSR count). The molecule has 0 aromatic heterocycles. The molecular weight excluding hydrogens is 482 g/mol. The number of nitrogens with zero attached hydrogens (tertiary/aromatic N) is 1. The Kier molecular flexibility index (Phi) is 4.40. The summed E-state index contributed by atoms with van der Waals surface area (Å²) < 4.78 is 4.31. The molecule has 0 spiro atoms. The van der Waals surface area contributed by atoms with Crippen molar-refractivity contribution in [3.05, 3.63) is 101 Å². The van der Waals surface area contributed by atoms with Crippen molar-refractivity contribution in [1.29, 1.82) is 0 Å². The van der Waals surface area contributed by atoms with Crippen LogP contribution in [-0.2, 0) is 18.7 Å². The van der Waals surface area contributed by atoms with Gasteiger partial charge in [0.2, 0.25) is 11.8 Å². The van der Waals surface area contributed by atoms with E-state index in [0.717, 1.165) is 22.3 Å². The maximum absolute atomic E-state index is 13.9. The monoisotopic (exact) mass is 501 g/mol. The van der Waals surface area contributed by atoms with Gasteiger partial charge in [-0.3, -0.25) is 9.59 Å². The van der Waals surface area contributed by atoms with Crippen LogP contribution < -0.4 is 4.90 Å². The predicted molar refractivity (Wildman–Crippen MR) is 126 cm³/mol. The number of benzene rings is 3. The van der Waals surface area contributed by atoms with Crippen LogP contribution in [-0.4, -0.2) is 24.4 Å². The molecule has 1 heterocycles. The maximum atomic E-state index is 13.9. The average Bonchev–Trinajstić information content (AvgIpc) is 3.11. The third-order valence-corrected chi connectivity index (χ3v) is 8.48. The molecule has 3 aromatic rings. The second-order valence-electron chi connectivity index (χ2n) is 8.65. The Labute approximate surface area is 199 Å². The van der Waals surface area contributed by atoms with Gasteiger partial charge in [0.05, 0.1) is 34.0 Å². The van der Waals surface area contributed by atoms with Crippen LogP contribution in [0.1, 0.15) is 45.5 Å². The highest BCUT2D eigenvalue weighted by atomic mass is 79.9. The van der Waals surface area contributed by atoms with Crippen molar-refractivity contribution in [3.8, 4) is 0 Å². The van der Waals surface area contributed by atoms with Crippen LogP contribution in [0.3, 0.4) is 0 Å². The standard InChI is InChI=1S/C27H20BrNO4/c1-2-33-26(32)15-8-7-9-16(14-15)29-24(30)22-21-17-10-3-5-12-19(17)27(28,23(22)25(29)31)20-13-6-4-11-18(20)21/h3-14,21-23H,2H2,1H3/t21?,22-,23+,27?/m0/s1. The highest BCUT2D eigenvalue weighted by molar-refractivity contribution is 9.09. The Hall–Kier alpha value is -3.25. The van der Waals surface area contributed by atoms with Gasteiger partial charge in [0.1, 0.15) is 0 Å². The first-order valence-electron chi connectivity index (χ1n) is 11.0. The predicted octanol–water partition coefficient (Wildman–Crippen LogP) is 4.77. The SMILES string of the molecule is CCOC(=O)c1cccc(N2C(=O)[C@H]3C4c5ccccc5C(Br)(c5ccccc54)[C@H]3C2=O)c1. The van der Waals surface area contributed by atoms with E-state index in [1.807, 2.05) is 36.4 Å². The summed E-state index contributed by atoms with van der Waals surface area (Å²) in [5.74, 6) is -2.26. The van der Waals surface area contributed by atoms with E-state index >= 15 is 0 Å². The topological polar surface area (TPSA) is 63.7 Å². The summed E-state index contributed by atoms with van der Waals surface area (Å²) in [6, 6.07) is 22.7. The van der Waals surface area contributed by atoms with E-state index in [0.29, 0.717) is 11.3 Å². The third-order valence-electron chi connectivity index (χ3n) is 7.13. The van der Waals surface area contributed by atoms with E-state index in [1.165, 1.54) is 4.90 Å². The normalized spacial score (nSPS) is 26.6. The molecule has 2 amide bonds. The number of rotatable bonds is 3. The Bertz CT molecular complexity index is 1300. The molecule has 5 nitrogen and oxygen atoms in total. The third kappa shape index (κ3) is 2.55. The van der Waals surface area contributed by atoms with Gasteiger partial charge in [-0.1, -0.05) is 70.5 Å². The fourth-order valence-corrected chi connectivity index (χ4v) is 7.12. The van der Waals surface area contributed by atoms with Crippen LogP contribution >= 0.6 is 15.9 Å². The number of halogens is 1. The van der Waals surface area contributed by atoms with Crippen molar-refractivity contribution >= 4 is 39.4 Å². The van der Waals surface area contributed by atoms with Crippen molar-refractivity contribution in [3.63, 3.8) is 0 Å². The highest BCUT2D eigenvalue weighted by Gasteiger charge is 2.67. The Morgan fingerprint density at radius 3 is 2.21 bits per heavy atom. The molecule has 1 saturated heterocycles. The summed E-state index contributed by atoms with van der Waals surface area (Å²) in [5.41, 5.74) is 4.95. The molecule has 3 aromatic carbocycles. The summed E-state index contributed by atoms with van der Waals surface area (Å²) in [6.07, 6.45) is 0. The fraction of sp³-hybridized carbons (Fsp3) is 0.222. The van der Waals surface area contributed by atoms with E-state index in [1.54, 1.807) is 31.2 Å². The summed E-state index contributed by atoms with van der Waals surface area (Å²) >= 11 is 3.99. The summed E-state index contributed by atoms with van der Waals surface area (Å²) in [6.45, 7) is 1.99. The number of anilines is 1. The lowest BCUT2D eigenvalue weighted by Crippen LogP contribution is -2.50. The minimum absolute atomic E-state index is 0.198. The van der Waals surface area contributed by atoms with Crippen LogP contribution in [0.4, 0.5) is 5.69 Å². The lowest BCUT2D eigenvalue weighted by molar-refractivity contribution is -0.122. The van der Waals surface area contributed by atoms with Crippen LogP contribution in [0.15, 0.2) is 72.8 Å². The van der Waals surface area contributed by atoms with E-state index < -0.39 is 22.1 Å². The largest absolute Gasteiger partial charge is 0.462 e. The molecule has 0 saturated carbocycles. The number of carbonyl (C=O) groups excluding carboxylic acids is 3. The molecule has 0 N–H and O–H groups in total. The van der Waals surface area contributed by atoms with E-state index in [9.17, 15) is 14.4 Å². The van der Waals surface area contributed by atoms with Crippen molar-refractivity contribution in [1.82, 2.24) is 0 Å². The first-order chi connectivity index (χ1) is 16.0. The first kappa shape index (κ1) is 20.4. The van der Waals surface area contributed by atoms with Gasteiger partial charge >= 0.3 is 5.97 Å². The lowest BCUT2D eigenvalue weighted by Gasteiger charge is -2.51. The highest BCUT2D eigenvalue weighted by Crippen LogP contribution is 2.66. The second kappa shape index (κ2) is 7.12. The number of alkyl halides is 1. The lowest BCUT2D eigenvalue weighted by atomic mass is 9.55. The van der Waals surface area contributed by atoms with Crippen molar-refractivity contribution < 1.29 is 19.1 Å². The number of ether oxygens (including phenoxy) is 1. The molecule has 6 heteroatoms. The van der Waals surface area contributed by atoms with Gasteiger partial charge in [0.25, 0.3) is 0 Å². The van der Waals surface area contributed by atoms with Gasteiger partial charge in [-0.25, -0.2) is 9.69 Å². The fourth-order valence-electron chi connectivity index (χ4n) is 5.92. The smallest absolute Gasteiger partial charge is 0.338 e. The van der Waals surface area contributed by atoms with Crippen LogP contribution in [0.5, 0.6) is 0 Å². The summed E-state index contributed by atoms with van der Waals surface area (Å²) in [7, 11) is 0. The molecule has 0 radical (unpaired) electrons. The molecule has 1 aliphatic heterocycles. The zero-order valence-corrected chi connectivity index (χ0v) is 19.4. The molecule has 1 fully saturated rings. The number of imide groups is 1. The molecular formula is C27H20BrNO4. The zero-order valence-electron chi connectivity index (χ0n) is 17.8. The maximum Gasteiger partial charge on any atom is 0.338 e. The molecule has 4 aliphatic rings. The minimum atomic E-state index is -0.792. The van der Waals surface area contributed by atoms with Crippen molar-refractivity contribution in [2.75, 3.05) is 11.5 Å². The zero-order chi connectivity index (χ0) is 22.9. The van der Waals surface area contributed by atoms with Crippen LogP contribution in [0.2, 0.25) is 0 Å². The van der Waals surface area contributed by atoms with Gasteiger partial charge in [-0.2, -0.15) is 0 Å². The van der Waals surface area contributed by atoms with Gasteiger partial charge in [0, 0.05) is 5.92 Å². The Morgan fingerprint density at radius 1 is 0.939 bits per heavy atom. The number of hydrogen-bond donors (Lipinski definition) is 0. The second-order valence-corrected chi connectivity index (χ2v) is 9.90. The first-order valence-corrected chi connectivity index (χ1v) is 11.8. The van der Waals surface area contributed by atoms with Gasteiger partial charge in [-0.05, 0) is 47.4 Å². The van der Waals surface area contributed by atoms with E-state index in [4.69, 9.17) is 4.74 Å². The van der Waals surface area contributed by atoms with E-state index in [2.05, 4.69) is 28.1 Å². The minimum Gasteiger partial charge on any atom is -0.462 e. The molecule has 2 atom stereocenters. The average molecular weight is 502 g/mol. The summed E-state index contributed by atoms with van der Waals surface area (Å²) in [4.78, 5) is 41.3. The molecule has 33 heavy (non-hydrogen) atoms. The molecule has 0 unspecified atom stereocenters. The number of hydrogen-bond acceptors (Lipinski definition) is 4. The number of carbonyl (C=O) groups is 3. The van der Waals surface area contributed by atoms with Gasteiger partial charge in [-0.15, -0.1) is 0 Å². The Morgan fingerprint density at radius 2 is 1.58 bits per heavy atom. The van der Waals surface area contributed by atoms with Gasteiger partial charge in [0.15, 0.2) is 0 Å². The molecule has 164 valence electrons. The Balaban J connectivity index is 1.52. The molecule has 3 aliphatic carbocycles.